The molecule has 0 fully saturated rings. The van der Waals surface area contributed by atoms with Crippen molar-refractivity contribution in [2.75, 3.05) is 5.32 Å². The molecule has 0 spiro atoms. The molecule has 1 N–H and O–H groups in total. The number of imidazole rings is 1. The Labute approximate surface area is 123 Å². The van der Waals surface area contributed by atoms with Gasteiger partial charge in [0.2, 0.25) is 5.95 Å². The van der Waals surface area contributed by atoms with E-state index in [0.717, 1.165) is 28.3 Å². The average Bonchev–Trinajstić information content (AvgIpc) is 2.64. The van der Waals surface area contributed by atoms with E-state index >= 15 is 0 Å². The Kier molecular flexibility index (Phi) is 4.30. The Morgan fingerprint density at radius 3 is 2.74 bits per heavy atom. The van der Waals surface area contributed by atoms with E-state index in [1.807, 2.05) is 13.0 Å². The van der Waals surface area contributed by atoms with Crippen molar-refractivity contribution in [3.05, 3.63) is 40.1 Å². The van der Waals surface area contributed by atoms with Crippen LogP contribution in [0.4, 0.5) is 11.6 Å². The zero-order valence-corrected chi connectivity index (χ0v) is 13.5. The SMILES string of the molecule is Cc1cn(CC(C)C)c(Nc2cccc(C)c2Br)n1. The number of nitrogens with zero attached hydrogens (tertiary/aromatic N) is 2. The molecule has 102 valence electrons. The number of nitrogens with one attached hydrogen (secondary N) is 1. The standard InChI is InChI=1S/C15H20BrN3/c1-10(2)8-19-9-12(4)17-15(19)18-13-7-5-6-11(3)14(13)16/h5-7,9-10H,8H2,1-4H3,(H,17,18). The molecule has 2 rings (SSSR count). The summed E-state index contributed by atoms with van der Waals surface area (Å²) in [5.41, 5.74) is 3.30. The molecule has 1 aromatic heterocycles. The molecule has 1 aromatic carbocycles. The molecule has 3 nitrogen and oxygen atoms in total. The van der Waals surface area contributed by atoms with Gasteiger partial charge in [-0.15, -0.1) is 0 Å². The summed E-state index contributed by atoms with van der Waals surface area (Å²) in [6.45, 7) is 9.49. The van der Waals surface area contributed by atoms with Crippen molar-refractivity contribution in [3.8, 4) is 0 Å². The van der Waals surface area contributed by atoms with Crippen molar-refractivity contribution in [2.24, 2.45) is 5.92 Å². The average molecular weight is 322 g/mol. The topological polar surface area (TPSA) is 29.9 Å². The first-order chi connectivity index (χ1) is 8.97. The van der Waals surface area contributed by atoms with Gasteiger partial charge in [0.25, 0.3) is 0 Å². The minimum Gasteiger partial charge on any atom is -0.325 e. The molecule has 0 bridgehead atoms. The summed E-state index contributed by atoms with van der Waals surface area (Å²) in [7, 11) is 0. The first-order valence-electron chi connectivity index (χ1n) is 6.53. The van der Waals surface area contributed by atoms with Crippen molar-refractivity contribution in [1.29, 1.82) is 0 Å². The fourth-order valence-corrected chi connectivity index (χ4v) is 2.41. The lowest BCUT2D eigenvalue weighted by atomic mass is 10.2. The molecule has 1 heterocycles. The normalized spacial score (nSPS) is 11.1. The van der Waals surface area contributed by atoms with E-state index in [2.05, 4.69) is 69.9 Å². The number of aryl methyl sites for hydroxylation is 2. The van der Waals surface area contributed by atoms with Gasteiger partial charge in [-0.2, -0.15) is 0 Å². The first kappa shape index (κ1) is 14.1. The second-order valence-corrected chi connectivity index (χ2v) is 6.11. The summed E-state index contributed by atoms with van der Waals surface area (Å²) in [6.07, 6.45) is 2.09. The maximum atomic E-state index is 4.56. The summed E-state index contributed by atoms with van der Waals surface area (Å²) in [6, 6.07) is 6.19. The largest absolute Gasteiger partial charge is 0.325 e. The Morgan fingerprint density at radius 1 is 1.32 bits per heavy atom. The third kappa shape index (κ3) is 3.38. The molecule has 0 unspecified atom stereocenters. The van der Waals surface area contributed by atoms with E-state index < -0.39 is 0 Å². The summed E-state index contributed by atoms with van der Waals surface area (Å²) < 4.78 is 3.26. The number of benzene rings is 1. The van der Waals surface area contributed by atoms with Crippen LogP contribution in [0.1, 0.15) is 25.1 Å². The van der Waals surface area contributed by atoms with Crippen molar-refractivity contribution in [2.45, 2.75) is 34.2 Å². The van der Waals surface area contributed by atoms with Gasteiger partial charge in [0.05, 0.1) is 11.4 Å². The van der Waals surface area contributed by atoms with Crippen LogP contribution in [0, 0.1) is 19.8 Å². The number of halogens is 1. The van der Waals surface area contributed by atoms with Gasteiger partial charge in [0.15, 0.2) is 0 Å². The van der Waals surface area contributed by atoms with Gasteiger partial charge in [-0.05, 0) is 47.3 Å². The maximum absolute atomic E-state index is 4.56. The molecule has 0 aliphatic heterocycles. The number of hydrogen-bond donors (Lipinski definition) is 1. The van der Waals surface area contributed by atoms with E-state index in [1.165, 1.54) is 5.56 Å². The van der Waals surface area contributed by atoms with Crippen LogP contribution in [0.25, 0.3) is 0 Å². The smallest absolute Gasteiger partial charge is 0.207 e. The molecule has 0 saturated heterocycles. The number of hydrogen-bond acceptors (Lipinski definition) is 2. The summed E-state index contributed by atoms with van der Waals surface area (Å²) in [4.78, 5) is 4.56. The predicted octanol–water partition coefficient (Wildman–Crippen LogP) is 4.66. The zero-order chi connectivity index (χ0) is 14.0. The highest BCUT2D eigenvalue weighted by Crippen LogP contribution is 2.28. The van der Waals surface area contributed by atoms with Crippen LogP contribution in [0.3, 0.4) is 0 Å². The van der Waals surface area contributed by atoms with Gasteiger partial charge < -0.3 is 9.88 Å². The number of aromatic nitrogens is 2. The molecule has 0 atom stereocenters. The van der Waals surface area contributed by atoms with E-state index in [-0.39, 0.29) is 0 Å². The molecular formula is C15H20BrN3. The van der Waals surface area contributed by atoms with Crippen LogP contribution in [-0.4, -0.2) is 9.55 Å². The van der Waals surface area contributed by atoms with Gasteiger partial charge in [0, 0.05) is 17.2 Å². The third-order valence-electron chi connectivity index (χ3n) is 2.90. The van der Waals surface area contributed by atoms with E-state index in [9.17, 15) is 0 Å². The zero-order valence-electron chi connectivity index (χ0n) is 11.9. The lowest BCUT2D eigenvalue weighted by Crippen LogP contribution is -2.07. The summed E-state index contributed by atoms with van der Waals surface area (Å²) >= 11 is 3.62. The van der Waals surface area contributed by atoms with E-state index in [4.69, 9.17) is 0 Å². The van der Waals surface area contributed by atoms with E-state index in [0.29, 0.717) is 5.92 Å². The van der Waals surface area contributed by atoms with Gasteiger partial charge in [-0.25, -0.2) is 4.98 Å². The molecular weight excluding hydrogens is 302 g/mol. The highest BCUT2D eigenvalue weighted by atomic mass is 79.9. The molecule has 0 aliphatic rings. The third-order valence-corrected chi connectivity index (χ3v) is 3.95. The molecule has 0 saturated carbocycles. The van der Waals surface area contributed by atoms with Crippen LogP contribution in [-0.2, 0) is 6.54 Å². The van der Waals surface area contributed by atoms with Gasteiger partial charge in [-0.3, -0.25) is 0 Å². The number of anilines is 2. The van der Waals surface area contributed by atoms with Crippen molar-refractivity contribution in [1.82, 2.24) is 9.55 Å². The van der Waals surface area contributed by atoms with Crippen LogP contribution >= 0.6 is 15.9 Å². The summed E-state index contributed by atoms with van der Waals surface area (Å²) in [5, 5.41) is 3.41. The molecule has 0 amide bonds. The molecule has 19 heavy (non-hydrogen) atoms. The van der Waals surface area contributed by atoms with Gasteiger partial charge in [0.1, 0.15) is 0 Å². The molecule has 2 aromatic rings. The second kappa shape index (κ2) is 5.78. The monoisotopic (exact) mass is 321 g/mol. The molecule has 0 aliphatic carbocycles. The van der Waals surface area contributed by atoms with Crippen LogP contribution in [0.5, 0.6) is 0 Å². The molecule has 4 heteroatoms. The highest BCUT2D eigenvalue weighted by molar-refractivity contribution is 9.10. The van der Waals surface area contributed by atoms with Crippen LogP contribution in [0.2, 0.25) is 0 Å². The Morgan fingerprint density at radius 2 is 2.05 bits per heavy atom. The Balaban J connectivity index is 2.30. The van der Waals surface area contributed by atoms with E-state index in [1.54, 1.807) is 0 Å². The predicted molar refractivity (Wildman–Crippen MR) is 84.0 cm³/mol. The van der Waals surface area contributed by atoms with Crippen molar-refractivity contribution >= 4 is 27.6 Å². The molecule has 0 radical (unpaired) electrons. The minimum atomic E-state index is 0.593. The quantitative estimate of drug-likeness (QED) is 0.887. The van der Waals surface area contributed by atoms with Crippen LogP contribution in [0.15, 0.2) is 28.9 Å². The summed E-state index contributed by atoms with van der Waals surface area (Å²) in [5.74, 6) is 1.49. The second-order valence-electron chi connectivity index (χ2n) is 5.31. The lowest BCUT2D eigenvalue weighted by Gasteiger charge is -2.13. The van der Waals surface area contributed by atoms with Crippen molar-refractivity contribution in [3.63, 3.8) is 0 Å². The van der Waals surface area contributed by atoms with Crippen molar-refractivity contribution < 1.29 is 0 Å². The van der Waals surface area contributed by atoms with Gasteiger partial charge >= 0.3 is 0 Å². The Bertz CT molecular complexity index is 573. The fraction of sp³-hybridized carbons (Fsp3) is 0.400. The maximum Gasteiger partial charge on any atom is 0.207 e. The minimum absolute atomic E-state index is 0.593. The number of rotatable bonds is 4. The first-order valence-corrected chi connectivity index (χ1v) is 7.32. The fourth-order valence-electron chi connectivity index (χ4n) is 2.04. The van der Waals surface area contributed by atoms with Gasteiger partial charge in [-0.1, -0.05) is 26.0 Å². The van der Waals surface area contributed by atoms with Crippen LogP contribution < -0.4 is 5.32 Å². The highest BCUT2D eigenvalue weighted by Gasteiger charge is 2.09. The Hall–Kier alpha value is -1.29. The lowest BCUT2D eigenvalue weighted by molar-refractivity contribution is 0.527.